The topological polar surface area (TPSA) is 67.5 Å². The third-order valence-electron chi connectivity index (χ3n) is 1.99. The van der Waals surface area contributed by atoms with Gasteiger partial charge in [0.05, 0.1) is 5.69 Å². The average Bonchev–Trinajstić information content (AvgIpc) is 2.40. The van der Waals surface area contributed by atoms with Crippen LogP contribution in [-0.2, 0) is 0 Å². The normalized spacial score (nSPS) is 10.7. The summed E-state index contributed by atoms with van der Waals surface area (Å²) in [6.07, 6.45) is 3.37. The van der Waals surface area contributed by atoms with E-state index < -0.39 is 5.97 Å². The van der Waals surface area contributed by atoms with Crippen LogP contribution in [0.2, 0.25) is 0 Å². The van der Waals surface area contributed by atoms with Gasteiger partial charge in [0.15, 0.2) is 5.69 Å². The number of rotatable bonds is 1. The van der Waals surface area contributed by atoms with Crippen molar-refractivity contribution in [3.63, 3.8) is 0 Å². The summed E-state index contributed by atoms with van der Waals surface area (Å²) in [7, 11) is 0. The zero-order chi connectivity index (χ0) is 10.3. The highest BCUT2D eigenvalue weighted by atomic mass is 16.4. The molecule has 0 amide bonds. The molecule has 0 saturated heterocycles. The standard InChI is InChI=1S/C9H9N3O2/c1-5-3-10-9-11-6(2)7(8(13)14)12(9)4-5/h3-4H,1-2H3,(H,13,14). The Hall–Kier alpha value is -1.91. The molecule has 2 rings (SSSR count). The summed E-state index contributed by atoms with van der Waals surface area (Å²) in [5, 5.41) is 8.95. The molecule has 2 heterocycles. The van der Waals surface area contributed by atoms with Crippen LogP contribution >= 0.6 is 0 Å². The molecule has 0 aliphatic rings. The smallest absolute Gasteiger partial charge is 0.354 e. The van der Waals surface area contributed by atoms with E-state index in [1.807, 2.05) is 6.92 Å². The molecule has 2 aromatic rings. The number of imidazole rings is 1. The third kappa shape index (κ3) is 1.14. The lowest BCUT2D eigenvalue weighted by Gasteiger charge is -1.97. The molecule has 5 heteroatoms. The second-order valence-electron chi connectivity index (χ2n) is 3.15. The number of hydrogen-bond acceptors (Lipinski definition) is 3. The van der Waals surface area contributed by atoms with Gasteiger partial charge < -0.3 is 5.11 Å². The van der Waals surface area contributed by atoms with Crippen molar-refractivity contribution in [1.82, 2.24) is 14.4 Å². The van der Waals surface area contributed by atoms with Crippen molar-refractivity contribution in [2.45, 2.75) is 13.8 Å². The molecule has 1 N–H and O–H groups in total. The minimum atomic E-state index is -0.984. The van der Waals surface area contributed by atoms with Gasteiger partial charge in [0.25, 0.3) is 0 Å². The number of hydrogen-bond donors (Lipinski definition) is 1. The number of carbonyl (C=O) groups is 1. The molecule has 0 aliphatic carbocycles. The lowest BCUT2D eigenvalue weighted by atomic mass is 10.3. The van der Waals surface area contributed by atoms with Crippen LogP contribution in [0, 0.1) is 13.8 Å². The first-order valence-electron chi connectivity index (χ1n) is 4.14. The van der Waals surface area contributed by atoms with Crippen LogP contribution in [0.5, 0.6) is 0 Å². The Morgan fingerprint density at radius 1 is 1.50 bits per heavy atom. The highest BCUT2D eigenvalue weighted by Gasteiger charge is 2.15. The highest BCUT2D eigenvalue weighted by Crippen LogP contribution is 2.10. The van der Waals surface area contributed by atoms with Gasteiger partial charge in [-0.15, -0.1) is 0 Å². The molecule has 14 heavy (non-hydrogen) atoms. The highest BCUT2D eigenvalue weighted by molar-refractivity contribution is 5.88. The fraction of sp³-hybridized carbons (Fsp3) is 0.222. The van der Waals surface area contributed by atoms with Crippen molar-refractivity contribution in [3.05, 3.63) is 29.3 Å². The summed E-state index contributed by atoms with van der Waals surface area (Å²) in [5.41, 5.74) is 1.56. The summed E-state index contributed by atoms with van der Waals surface area (Å²) < 4.78 is 1.49. The Kier molecular flexibility index (Phi) is 1.73. The summed E-state index contributed by atoms with van der Waals surface area (Å²) in [4.78, 5) is 19.0. The molecular weight excluding hydrogens is 182 g/mol. The summed E-state index contributed by atoms with van der Waals surface area (Å²) >= 11 is 0. The molecule has 2 aromatic heterocycles. The van der Waals surface area contributed by atoms with Gasteiger partial charge in [-0.05, 0) is 19.4 Å². The molecular formula is C9H9N3O2. The Morgan fingerprint density at radius 2 is 2.21 bits per heavy atom. The fourth-order valence-electron chi connectivity index (χ4n) is 1.40. The van der Waals surface area contributed by atoms with Gasteiger partial charge in [-0.3, -0.25) is 4.40 Å². The number of aryl methyl sites for hydroxylation is 2. The van der Waals surface area contributed by atoms with Crippen molar-refractivity contribution in [2.75, 3.05) is 0 Å². The van der Waals surface area contributed by atoms with Crippen molar-refractivity contribution >= 4 is 11.7 Å². The van der Waals surface area contributed by atoms with Crippen LogP contribution in [0.1, 0.15) is 21.7 Å². The van der Waals surface area contributed by atoms with Gasteiger partial charge in [-0.25, -0.2) is 14.8 Å². The van der Waals surface area contributed by atoms with E-state index in [9.17, 15) is 4.79 Å². The summed E-state index contributed by atoms with van der Waals surface area (Å²) in [5.74, 6) is -0.562. The Morgan fingerprint density at radius 3 is 2.86 bits per heavy atom. The minimum absolute atomic E-state index is 0.177. The van der Waals surface area contributed by atoms with Gasteiger partial charge in [0, 0.05) is 12.4 Å². The van der Waals surface area contributed by atoms with Crippen molar-refractivity contribution in [2.24, 2.45) is 0 Å². The Labute approximate surface area is 80.0 Å². The van der Waals surface area contributed by atoms with E-state index in [1.165, 1.54) is 4.40 Å². The SMILES string of the molecule is Cc1cnc2nc(C)c(C(=O)O)n2c1. The van der Waals surface area contributed by atoms with Gasteiger partial charge in [-0.1, -0.05) is 0 Å². The third-order valence-corrected chi connectivity index (χ3v) is 1.99. The van der Waals surface area contributed by atoms with Crippen molar-refractivity contribution < 1.29 is 9.90 Å². The maximum absolute atomic E-state index is 10.9. The van der Waals surface area contributed by atoms with Gasteiger partial charge in [0.2, 0.25) is 5.78 Å². The molecule has 0 aliphatic heterocycles. The van der Waals surface area contributed by atoms with E-state index in [1.54, 1.807) is 19.3 Å². The lowest BCUT2D eigenvalue weighted by molar-refractivity contribution is 0.0688. The largest absolute Gasteiger partial charge is 0.477 e. The van der Waals surface area contributed by atoms with Gasteiger partial charge in [-0.2, -0.15) is 0 Å². The van der Waals surface area contributed by atoms with Crippen LogP contribution in [0.3, 0.4) is 0 Å². The molecule has 0 radical (unpaired) electrons. The second kappa shape index (κ2) is 2.80. The predicted octanol–water partition coefficient (Wildman–Crippen LogP) is 1.04. The summed E-state index contributed by atoms with van der Waals surface area (Å²) in [6.45, 7) is 3.51. The lowest BCUT2D eigenvalue weighted by Crippen LogP contribution is -2.04. The van der Waals surface area contributed by atoms with Crippen LogP contribution in [0.25, 0.3) is 5.78 Å². The summed E-state index contributed by atoms with van der Waals surface area (Å²) in [6, 6.07) is 0. The number of nitrogens with zero attached hydrogens (tertiary/aromatic N) is 3. The number of carboxylic acids is 1. The zero-order valence-corrected chi connectivity index (χ0v) is 7.85. The quantitative estimate of drug-likeness (QED) is 0.731. The number of aromatic nitrogens is 3. The molecule has 72 valence electrons. The number of aromatic carboxylic acids is 1. The molecule has 0 aromatic carbocycles. The molecule has 0 saturated carbocycles. The molecule has 0 bridgehead atoms. The van der Waals surface area contributed by atoms with Crippen LogP contribution in [0.15, 0.2) is 12.4 Å². The monoisotopic (exact) mass is 191 g/mol. The van der Waals surface area contributed by atoms with Crippen molar-refractivity contribution in [1.29, 1.82) is 0 Å². The van der Waals surface area contributed by atoms with Crippen molar-refractivity contribution in [3.8, 4) is 0 Å². The van der Waals surface area contributed by atoms with Crippen LogP contribution in [0.4, 0.5) is 0 Å². The van der Waals surface area contributed by atoms with Gasteiger partial charge in [0.1, 0.15) is 0 Å². The zero-order valence-electron chi connectivity index (χ0n) is 7.85. The molecule has 0 spiro atoms. The maximum atomic E-state index is 10.9. The fourth-order valence-corrected chi connectivity index (χ4v) is 1.40. The Bertz CT molecular complexity index is 516. The molecule has 0 fully saturated rings. The van der Waals surface area contributed by atoms with E-state index in [4.69, 9.17) is 5.11 Å². The second-order valence-corrected chi connectivity index (χ2v) is 3.15. The minimum Gasteiger partial charge on any atom is -0.477 e. The first-order chi connectivity index (χ1) is 6.59. The molecule has 5 nitrogen and oxygen atoms in total. The van der Waals surface area contributed by atoms with E-state index in [2.05, 4.69) is 9.97 Å². The molecule has 0 atom stereocenters. The first-order valence-corrected chi connectivity index (χ1v) is 4.14. The predicted molar refractivity (Wildman–Crippen MR) is 49.4 cm³/mol. The van der Waals surface area contributed by atoms with E-state index in [0.717, 1.165) is 5.56 Å². The van der Waals surface area contributed by atoms with E-state index >= 15 is 0 Å². The van der Waals surface area contributed by atoms with E-state index in [-0.39, 0.29) is 5.69 Å². The molecule has 0 unspecified atom stereocenters. The first kappa shape index (κ1) is 8.68. The number of fused-ring (bicyclic) bond motifs is 1. The van der Waals surface area contributed by atoms with E-state index in [0.29, 0.717) is 11.5 Å². The van der Waals surface area contributed by atoms with Crippen LogP contribution in [-0.4, -0.2) is 25.4 Å². The van der Waals surface area contributed by atoms with Gasteiger partial charge >= 0.3 is 5.97 Å². The number of carboxylic acid groups (broad SMARTS) is 1. The average molecular weight is 191 g/mol. The Balaban J connectivity index is 2.86. The van der Waals surface area contributed by atoms with Crippen LogP contribution < -0.4 is 0 Å². The maximum Gasteiger partial charge on any atom is 0.354 e.